The average molecular weight is 313 g/mol. The average Bonchev–Trinajstić information content (AvgIpc) is 2.62. The number of ether oxygens (including phenoxy) is 1. The number of amides is 1. The Morgan fingerprint density at radius 2 is 1.83 bits per heavy atom. The Morgan fingerprint density at radius 3 is 2.48 bits per heavy atom. The van der Waals surface area contributed by atoms with Gasteiger partial charge < -0.3 is 14.7 Å². The van der Waals surface area contributed by atoms with Crippen molar-refractivity contribution in [2.24, 2.45) is 0 Å². The first-order valence-electron chi connectivity index (χ1n) is 7.16. The van der Waals surface area contributed by atoms with Gasteiger partial charge in [0.1, 0.15) is 11.8 Å². The molecule has 0 radical (unpaired) electrons. The van der Waals surface area contributed by atoms with Crippen LogP contribution in [-0.4, -0.2) is 51.5 Å². The number of aromatic carboxylic acids is 1. The molecule has 1 unspecified atom stereocenters. The largest absolute Gasteiger partial charge is 0.476 e. The van der Waals surface area contributed by atoms with Crippen LogP contribution >= 0.6 is 0 Å². The monoisotopic (exact) mass is 313 g/mol. The van der Waals surface area contributed by atoms with E-state index in [4.69, 9.17) is 9.84 Å². The van der Waals surface area contributed by atoms with Crippen molar-refractivity contribution in [3.63, 3.8) is 0 Å². The van der Waals surface area contributed by atoms with Crippen LogP contribution in [0, 0.1) is 0 Å². The van der Waals surface area contributed by atoms with Gasteiger partial charge in [0.05, 0.1) is 25.5 Å². The number of hydrogen-bond donors (Lipinski definition) is 1. The van der Waals surface area contributed by atoms with Gasteiger partial charge in [-0.2, -0.15) is 0 Å². The molecule has 1 atom stereocenters. The molecule has 2 aromatic rings. The summed E-state index contributed by atoms with van der Waals surface area (Å²) in [6.45, 7) is 1.32. The molecule has 118 valence electrons. The number of carbonyl (C=O) groups excluding carboxylic acids is 1. The van der Waals surface area contributed by atoms with Crippen molar-refractivity contribution in [1.29, 1.82) is 0 Å². The Balaban J connectivity index is 1.73. The number of carboxylic acids is 1. The first-order valence-corrected chi connectivity index (χ1v) is 7.16. The van der Waals surface area contributed by atoms with Crippen molar-refractivity contribution in [2.75, 3.05) is 19.7 Å². The number of hydrogen-bond acceptors (Lipinski definition) is 5. The molecule has 3 rings (SSSR count). The van der Waals surface area contributed by atoms with Gasteiger partial charge in [0.2, 0.25) is 0 Å². The fourth-order valence-corrected chi connectivity index (χ4v) is 2.41. The lowest BCUT2D eigenvalue weighted by molar-refractivity contribution is -0.0230. The molecule has 1 aromatic carbocycles. The Morgan fingerprint density at radius 1 is 1.13 bits per heavy atom. The molecule has 1 N–H and O–H groups in total. The second-order valence-electron chi connectivity index (χ2n) is 5.11. The molecule has 0 bridgehead atoms. The van der Waals surface area contributed by atoms with Crippen molar-refractivity contribution in [1.82, 2.24) is 14.9 Å². The van der Waals surface area contributed by atoms with Crippen molar-refractivity contribution in [3.8, 4) is 0 Å². The third-order valence-electron chi connectivity index (χ3n) is 3.62. The summed E-state index contributed by atoms with van der Waals surface area (Å²) >= 11 is 0. The van der Waals surface area contributed by atoms with Crippen molar-refractivity contribution in [2.45, 2.75) is 6.10 Å². The van der Waals surface area contributed by atoms with Crippen LogP contribution in [-0.2, 0) is 4.74 Å². The molecule has 7 heteroatoms. The first-order chi connectivity index (χ1) is 11.1. The van der Waals surface area contributed by atoms with E-state index in [1.165, 1.54) is 6.20 Å². The van der Waals surface area contributed by atoms with Gasteiger partial charge in [-0.05, 0) is 5.56 Å². The van der Waals surface area contributed by atoms with Crippen LogP contribution in [0.5, 0.6) is 0 Å². The topological polar surface area (TPSA) is 92.6 Å². The Labute approximate surface area is 132 Å². The zero-order chi connectivity index (χ0) is 16.2. The number of nitrogens with zero attached hydrogens (tertiary/aromatic N) is 3. The Kier molecular flexibility index (Phi) is 4.29. The van der Waals surface area contributed by atoms with Crippen LogP contribution < -0.4 is 0 Å². The Hall–Kier alpha value is -2.80. The SMILES string of the molecule is O=C(O)c1cnc(C(=O)N2CCOC(c3ccccc3)C2)cn1. The highest BCUT2D eigenvalue weighted by Crippen LogP contribution is 2.22. The zero-order valence-electron chi connectivity index (χ0n) is 12.3. The molecule has 1 saturated heterocycles. The highest BCUT2D eigenvalue weighted by Gasteiger charge is 2.27. The molecular formula is C16H15N3O4. The summed E-state index contributed by atoms with van der Waals surface area (Å²) in [5.74, 6) is -1.45. The van der Waals surface area contributed by atoms with Crippen molar-refractivity contribution < 1.29 is 19.4 Å². The van der Waals surface area contributed by atoms with Gasteiger partial charge in [-0.3, -0.25) is 4.79 Å². The number of rotatable bonds is 3. The lowest BCUT2D eigenvalue weighted by Crippen LogP contribution is -2.42. The third-order valence-corrected chi connectivity index (χ3v) is 3.62. The molecule has 0 spiro atoms. The van der Waals surface area contributed by atoms with Crippen LogP contribution in [0.1, 0.15) is 32.6 Å². The van der Waals surface area contributed by atoms with E-state index in [0.717, 1.165) is 11.8 Å². The zero-order valence-corrected chi connectivity index (χ0v) is 12.3. The summed E-state index contributed by atoms with van der Waals surface area (Å²) in [6.07, 6.45) is 2.10. The lowest BCUT2D eigenvalue weighted by Gasteiger charge is -2.33. The van der Waals surface area contributed by atoms with Crippen LogP contribution in [0.3, 0.4) is 0 Å². The van der Waals surface area contributed by atoms with E-state index in [9.17, 15) is 9.59 Å². The smallest absolute Gasteiger partial charge is 0.356 e. The number of aromatic nitrogens is 2. The van der Waals surface area contributed by atoms with Crippen LogP contribution in [0.2, 0.25) is 0 Å². The van der Waals surface area contributed by atoms with Crippen LogP contribution in [0.4, 0.5) is 0 Å². The van der Waals surface area contributed by atoms with E-state index in [-0.39, 0.29) is 23.4 Å². The number of carboxylic acid groups (broad SMARTS) is 1. The summed E-state index contributed by atoms with van der Waals surface area (Å²) in [7, 11) is 0. The van der Waals surface area contributed by atoms with E-state index in [0.29, 0.717) is 19.7 Å². The number of benzene rings is 1. The van der Waals surface area contributed by atoms with E-state index in [1.807, 2.05) is 30.3 Å². The van der Waals surface area contributed by atoms with E-state index in [2.05, 4.69) is 9.97 Å². The second-order valence-corrected chi connectivity index (χ2v) is 5.11. The molecule has 7 nitrogen and oxygen atoms in total. The van der Waals surface area contributed by atoms with Crippen molar-refractivity contribution >= 4 is 11.9 Å². The maximum atomic E-state index is 12.5. The standard InChI is InChI=1S/C16H15N3O4/c20-15(12-8-18-13(9-17-12)16(21)22)19-6-7-23-14(10-19)11-4-2-1-3-5-11/h1-5,8-9,14H,6-7,10H2,(H,21,22). The second kappa shape index (κ2) is 6.53. The predicted molar refractivity (Wildman–Crippen MR) is 80.0 cm³/mol. The van der Waals surface area contributed by atoms with Gasteiger partial charge in [0.15, 0.2) is 5.69 Å². The lowest BCUT2D eigenvalue weighted by atomic mass is 10.1. The molecule has 1 aliphatic heterocycles. The fourth-order valence-electron chi connectivity index (χ4n) is 2.41. The molecule has 0 saturated carbocycles. The van der Waals surface area contributed by atoms with Gasteiger partial charge >= 0.3 is 5.97 Å². The predicted octanol–water partition coefficient (Wildman–Crippen LogP) is 1.39. The molecule has 1 fully saturated rings. The van der Waals surface area contributed by atoms with Gasteiger partial charge in [-0.1, -0.05) is 30.3 Å². The molecule has 0 aliphatic carbocycles. The van der Waals surface area contributed by atoms with Crippen molar-refractivity contribution in [3.05, 3.63) is 59.7 Å². The summed E-state index contributed by atoms with van der Waals surface area (Å²) in [5, 5.41) is 8.81. The van der Waals surface area contributed by atoms with Gasteiger partial charge in [0.25, 0.3) is 5.91 Å². The minimum atomic E-state index is -1.17. The summed E-state index contributed by atoms with van der Waals surface area (Å²) in [6, 6.07) is 9.69. The normalized spacial score (nSPS) is 17.7. The molecule has 2 heterocycles. The molecule has 1 aliphatic rings. The number of carbonyl (C=O) groups is 2. The minimum Gasteiger partial charge on any atom is -0.476 e. The van der Waals surface area contributed by atoms with E-state index >= 15 is 0 Å². The van der Waals surface area contributed by atoms with Gasteiger partial charge in [0, 0.05) is 6.54 Å². The van der Waals surface area contributed by atoms with E-state index in [1.54, 1.807) is 4.90 Å². The summed E-state index contributed by atoms with van der Waals surface area (Å²) < 4.78 is 5.72. The molecule has 1 aromatic heterocycles. The minimum absolute atomic E-state index is 0.128. The molecular weight excluding hydrogens is 298 g/mol. The highest BCUT2D eigenvalue weighted by molar-refractivity contribution is 5.92. The quantitative estimate of drug-likeness (QED) is 0.920. The van der Waals surface area contributed by atoms with E-state index < -0.39 is 5.97 Å². The molecule has 23 heavy (non-hydrogen) atoms. The first kappa shape index (κ1) is 15.1. The van der Waals surface area contributed by atoms with Crippen LogP contribution in [0.25, 0.3) is 0 Å². The maximum absolute atomic E-state index is 12.5. The number of morpholine rings is 1. The summed E-state index contributed by atoms with van der Waals surface area (Å²) in [4.78, 5) is 32.5. The summed E-state index contributed by atoms with van der Waals surface area (Å²) in [5.41, 5.74) is 0.951. The van der Waals surface area contributed by atoms with Crippen LogP contribution in [0.15, 0.2) is 42.7 Å². The maximum Gasteiger partial charge on any atom is 0.356 e. The fraction of sp³-hybridized carbons (Fsp3) is 0.250. The van der Waals surface area contributed by atoms with Gasteiger partial charge in [-0.25, -0.2) is 14.8 Å². The van der Waals surface area contributed by atoms with Gasteiger partial charge in [-0.15, -0.1) is 0 Å². The Bertz CT molecular complexity index is 703. The third kappa shape index (κ3) is 3.35. The highest BCUT2D eigenvalue weighted by atomic mass is 16.5. The molecule has 1 amide bonds.